The average molecular weight is 144 g/mol. The van der Waals surface area contributed by atoms with Crippen molar-refractivity contribution >= 4 is 5.97 Å². The molecular formula is C7H12O3. The lowest BCUT2D eigenvalue weighted by atomic mass is 10.1. The fraction of sp³-hybridized carbons (Fsp3) is 0.857. The first kappa shape index (κ1) is 7.54. The molecule has 1 aliphatic rings. The van der Waals surface area contributed by atoms with Gasteiger partial charge in [0.1, 0.15) is 0 Å². The van der Waals surface area contributed by atoms with Gasteiger partial charge in [-0.05, 0) is 13.3 Å². The van der Waals surface area contributed by atoms with Crippen LogP contribution in [-0.2, 0) is 9.53 Å². The Bertz CT molecular complexity index is 155. The number of rotatable bonds is 3. The zero-order chi connectivity index (χ0) is 7.78. The Morgan fingerprint density at radius 1 is 1.80 bits per heavy atom. The third kappa shape index (κ3) is 1.01. The Morgan fingerprint density at radius 2 is 2.40 bits per heavy atom. The maximum atomic E-state index is 10.4. The van der Waals surface area contributed by atoms with E-state index in [2.05, 4.69) is 0 Å². The molecule has 0 bridgehead atoms. The first-order valence-corrected chi connectivity index (χ1v) is 3.52. The predicted octanol–water partition coefficient (Wildman–Crippen LogP) is 1.03. The molecule has 1 aliphatic heterocycles. The second kappa shape index (κ2) is 2.23. The molecule has 0 amide bonds. The van der Waals surface area contributed by atoms with E-state index >= 15 is 0 Å². The highest BCUT2D eigenvalue weighted by atomic mass is 16.6. The van der Waals surface area contributed by atoms with Crippen LogP contribution in [0.5, 0.6) is 0 Å². The van der Waals surface area contributed by atoms with Crippen molar-refractivity contribution in [1.82, 2.24) is 0 Å². The monoisotopic (exact) mass is 144 g/mol. The second-order valence-electron chi connectivity index (χ2n) is 2.81. The fourth-order valence-corrected chi connectivity index (χ4v) is 1.05. The van der Waals surface area contributed by atoms with Crippen LogP contribution in [0.1, 0.15) is 26.7 Å². The molecule has 0 spiro atoms. The number of hydrogen-bond donors (Lipinski definition) is 1. The second-order valence-corrected chi connectivity index (χ2v) is 2.81. The zero-order valence-corrected chi connectivity index (χ0v) is 6.26. The van der Waals surface area contributed by atoms with Crippen LogP contribution in [0.3, 0.4) is 0 Å². The molecule has 0 aromatic carbocycles. The number of carboxylic acid groups (broad SMARTS) is 1. The van der Waals surface area contributed by atoms with Crippen LogP contribution < -0.4 is 0 Å². The van der Waals surface area contributed by atoms with Crippen molar-refractivity contribution in [2.45, 2.75) is 38.4 Å². The van der Waals surface area contributed by atoms with Gasteiger partial charge in [-0.2, -0.15) is 0 Å². The number of epoxide rings is 1. The van der Waals surface area contributed by atoms with Gasteiger partial charge < -0.3 is 9.84 Å². The summed E-state index contributed by atoms with van der Waals surface area (Å²) in [7, 11) is 0. The Labute approximate surface area is 60.0 Å². The highest BCUT2D eigenvalue weighted by molar-refractivity contribution is 5.80. The zero-order valence-electron chi connectivity index (χ0n) is 6.26. The van der Waals surface area contributed by atoms with Gasteiger partial charge >= 0.3 is 5.97 Å². The van der Waals surface area contributed by atoms with E-state index in [9.17, 15) is 4.79 Å². The number of carboxylic acids is 1. The molecular weight excluding hydrogens is 132 g/mol. The maximum absolute atomic E-state index is 10.4. The number of carbonyl (C=O) groups is 1. The lowest BCUT2D eigenvalue weighted by Gasteiger charge is -1.95. The molecule has 0 unspecified atom stereocenters. The van der Waals surface area contributed by atoms with Crippen molar-refractivity contribution in [3.8, 4) is 0 Å². The third-order valence-electron chi connectivity index (χ3n) is 1.92. The topological polar surface area (TPSA) is 49.8 Å². The van der Waals surface area contributed by atoms with Crippen LogP contribution in [-0.4, -0.2) is 22.8 Å². The van der Waals surface area contributed by atoms with Crippen LogP contribution in [0.25, 0.3) is 0 Å². The molecule has 1 fully saturated rings. The van der Waals surface area contributed by atoms with Crippen molar-refractivity contribution in [3.05, 3.63) is 0 Å². The molecule has 58 valence electrons. The summed E-state index contributed by atoms with van der Waals surface area (Å²) < 4.78 is 5.01. The Kier molecular flexibility index (Phi) is 1.68. The van der Waals surface area contributed by atoms with Crippen molar-refractivity contribution in [3.63, 3.8) is 0 Å². The van der Waals surface area contributed by atoms with E-state index in [4.69, 9.17) is 9.84 Å². The Hall–Kier alpha value is -0.570. The highest BCUT2D eigenvalue weighted by Crippen LogP contribution is 2.39. The molecule has 0 radical (unpaired) electrons. The summed E-state index contributed by atoms with van der Waals surface area (Å²) in [5, 5.41) is 8.58. The minimum absolute atomic E-state index is 0.0463. The smallest absolute Gasteiger partial charge is 0.338 e. The van der Waals surface area contributed by atoms with Crippen LogP contribution in [0.4, 0.5) is 0 Å². The van der Waals surface area contributed by atoms with E-state index in [1.807, 2.05) is 6.92 Å². The SMILES string of the molecule is CCC[C@@H]1O[C@@]1(C)C(=O)O. The van der Waals surface area contributed by atoms with Crippen molar-refractivity contribution in [1.29, 1.82) is 0 Å². The largest absolute Gasteiger partial charge is 0.479 e. The molecule has 1 heterocycles. The Balaban J connectivity index is 2.40. The summed E-state index contributed by atoms with van der Waals surface area (Å²) in [5.74, 6) is -0.842. The van der Waals surface area contributed by atoms with Gasteiger partial charge in [0.05, 0.1) is 6.10 Å². The van der Waals surface area contributed by atoms with Gasteiger partial charge in [0.25, 0.3) is 0 Å². The van der Waals surface area contributed by atoms with Gasteiger partial charge in [0.15, 0.2) is 5.60 Å². The molecule has 1 saturated heterocycles. The van der Waals surface area contributed by atoms with E-state index in [0.717, 1.165) is 12.8 Å². The summed E-state index contributed by atoms with van der Waals surface area (Å²) >= 11 is 0. The standard InChI is InChI=1S/C7H12O3/c1-3-4-5-7(2,10-5)6(8)9/h5H,3-4H2,1-2H3,(H,8,9)/t5-,7+/m0/s1. The molecule has 0 aromatic rings. The molecule has 1 N–H and O–H groups in total. The molecule has 2 atom stereocenters. The van der Waals surface area contributed by atoms with Crippen molar-refractivity contribution in [2.24, 2.45) is 0 Å². The quantitative estimate of drug-likeness (QED) is 0.602. The number of hydrogen-bond acceptors (Lipinski definition) is 2. The van der Waals surface area contributed by atoms with Gasteiger partial charge in [0.2, 0.25) is 0 Å². The molecule has 0 saturated carbocycles. The van der Waals surface area contributed by atoms with Crippen LogP contribution in [0.2, 0.25) is 0 Å². The van der Waals surface area contributed by atoms with Crippen LogP contribution in [0, 0.1) is 0 Å². The minimum atomic E-state index is -0.865. The normalized spacial score (nSPS) is 37.6. The van der Waals surface area contributed by atoms with Crippen LogP contribution >= 0.6 is 0 Å². The van der Waals surface area contributed by atoms with Crippen molar-refractivity contribution < 1.29 is 14.6 Å². The molecule has 1 rings (SSSR count). The number of ether oxygens (including phenoxy) is 1. The summed E-state index contributed by atoms with van der Waals surface area (Å²) in [4.78, 5) is 10.4. The molecule has 3 heteroatoms. The van der Waals surface area contributed by atoms with E-state index in [0.29, 0.717) is 0 Å². The fourth-order valence-electron chi connectivity index (χ4n) is 1.05. The first-order chi connectivity index (χ1) is 4.61. The molecule has 0 aromatic heterocycles. The predicted molar refractivity (Wildman–Crippen MR) is 35.8 cm³/mol. The average Bonchev–Trinajstić information content (AvgIpc) is 2.45. The summed E-state index contributed by atoms with van der Waals surface area (Å²) in [6.07, 6.45) is 1.78. The minimum Gasteiger partial charge on any atom is -0.479 e. The molecule has 0 aliphatic carbocycles. The highest BCUT2D eigenvalue weighted by Gasteiger charge is 2.58. The van der Waals surface area contributed by atoms with E-state index in [-0.39, 0.29) is 6.10 Å². The molecule has 10 heavy (non-hydrogen) atoms. The van der Waals surface area contributed by atoms with E-state index in [1.54, 1.807) is 6.92 Å². The molecule has 3 nitrogen and oxygen atoms in total. The summed E-state index contributed by atoms with van der Waals surface area (Å²) in [6.45, 7) is 3.64. The van der Waals surface area contributed by atoms with Gasteiger partial charge in [-0.3, -0.25) is 0 Å². The summed E-state index contributed by atoms with van der Waals surface area (Å²) in [5.41, 5.74) is -0.865. The van der Waals surface area contributed by atoms with Gasteiger partial charge in [-0.1, -0.05) is 13.3 Å². The van der Waals surface area contributed by atoms with Crippen molar-refractivity contribution in [2.75, 3.05) is 0 Å². The van der Waals surface area contributed by atoms with Gasteiger partial charge in [-0.25, -0.2) is 4.79 Å². The van der Waals surface area contributed by atoms with E-state index in [1.165, 1.54) is 0 Å². The van der Waals surface area contributed by atoms with Gasteiger partial charge in [-0.15, -0.1) is 0 Å². The maximum Gasteiger partial charge on any atom is 0.338 e. The van der Waals surface area contributed by atoms with Crippen LogP contribution in [0.15, 0.2) is 0 Å². The third-order valence-corrected chi connectivity index (χ3v) is 1.92. The van der Waals surface area contributed by atoms with Gasteiger partial charge in [0, 0.05) is 0 Å². The lowest BCUT2D eigenvalue weighted by molar-refractivity contribution is -0.142. The Morgan fingerprint density at radius 3 is 2.70 bits per heavy atom. The van der Waals surface area contributed by atoms with E-state index < -0.39 is 11.6 Å². The lowest BCUT2D eigenvalue weighted by Crippen LogP contribution is -2.22. The first-order valence-electron chi connectivity index (χ1n) is 3.52. The summed E-state index contributed by atoms with van der Waals surface area (Å²) in [6, 6.07) is 0. The number of aliphatic carboxylic acids is 1.